The Morgan fingerprint density at radius 1 is 1.04 bits per heavy atom. The molecule has 3 heterocycles. The van der Waals surface area contributed by atoms with E-state index >= 15 is 0 Å². The van der Waals surface area contributed by atoms with Crippen LogP contribution in [0.4, 0.5) is 5.95 Å². The van der Waals surface area contributed by atoms with Gasteiger partial charge in [-0.2, -0.15) is 0 Å². The number of anilines is 1. The van der Waals surface area contributed by atoms with Crippen LogP contribution in [0.3, 0.4) is 0 Å². The van der Waals surface area contributed by atoms with E-state index < -0.39 is 5.97 Å². The molecule has 144 valence electrons. The average Bonchev–Trinajstić information content (AvgIpc) is 3.09. The molecule has 0 bridgehead atoms. The minimum atomic E-state index is -0.485. The zero-order valence-electron chi connectivity index (χ0n) is 15.6. The van der Waals surface area contributed by atoms with E-state index in [0.29, 0.717) is 37.7 Å². The molecule has 3 aromatic rings. The van der Waals surface area contributed by atoms with Crippen LogP contribution in [0.5, 0.6) is 0 Å². The second kappa shape index (κ2) is 7.67. The number of fused-ring (bicyclic) bond motifs is 1. The SMILES string of the molecule is Cn1cc(C(=O)OCC(=O)N2CCN(c3ncccn3)CC2)c2ccccc21. The van der Waals surface area contributed by atoms with Crippen LogP contribution in [0.15, 0.2) is 48.9 Å². The molecule has 1 saturated heterocycles. The number of aryl methyl sites for hydroxylation is 1. The summed E-state index contributed by atoms with van der Waals surface area (Å²) in [6.45, 7) is 2.12. The number of nitrogens with zero attached hydrogens (tertiary/aromatic N) is 5. The molecule has 0 spiro atoms. The molecular weight excluding hydrogens is 358 g/mol. The summed E-state index contributed by atoms with van der Waals surface area (Å²) in [7, 11) is 1.88. The van der Waals surface area contributed by atoms with Crippen LogP contribution in [0.25, 0.3) is 10.9 Å². The summed E-state index contributed by atoms with van der Waals surface area (Å²) in [5.74, 6) is -0.0133. The lowest BCUT2D eigenvalue weighted by atomic mass is 10.2. The number of ether oxygens (including phenoxy) is 1. The van der Waals surface area contributed by atoms with Gasteiger partial charge >= 0.3 is 5.97 Å². The Balaban J connectivity index is 1.33. The van der Waals surface area contributed by atoms with Gasteiger partial charge < -0.3 is 19.1 Å². The molecule has 1 amide bonds. The van der Waals surface area contributed by atoms with E-state index in [1.54, 1.807) is 29.6 Å². The van der Waals surface area contributed by atoms with Crippen LogP contribution in [0, 0.1) is 0 Å². The van der Waals surface area contributed by atoms with Gasteiger partial charge in [-0.15, -0.1) is 0 Å². The van der Waals surface area contributed by atoms with E-state index in [-0.39, 0.29) is 12.5 Å². The van der Waals surface area contributed by atoms with Gasteiger partial charge in [0.25, 0.3) is 5.91 Å². The van der Waals surface area contributed by atoms with E-state index in [2.05, 4.69) is 9.97 Å². The minimum absolute atomic E-state index is 0.192. The third-order valence-corrected chi connectivity index (χ3v) is 4.91. The lowest BCUT2D eigenvalue weighted by Crippen LogP contribution is -2.50. The van der Waals surface area contributed by atoms with Gasteiger partial charge in [0, 0.05) is 62.7 Å². The van der Waals surface area contributed by atoms with E-state index in [0.717, 1.165) is 10.9 Å². The monoisotopic (exact) mass is 379 g/mol. The summed E-state index contributed by atoms with van der Waals surface area (Å²) in [4.78, 5) is 37.1. The summed E-state index contributed by atoms with van der Waals surface area (Å²) >= 11 is 0. The molecule has 0 N–H and O–H groups in total. The van der Waals surface area contributed by atoms with Gasteiger partial charge in [-0.3, -0.25) is 4.79 Å². The third-order valence-electron chi connectivity index (χ3n) is 4.91. The number of aromatic nitrogens is 3. The zero-order chi connectivity index (χ0) is 19.5. The van der Waals surface area contributed by atoms with Crippen molar-refractivity contribution in [2.45, 2.75) is 0 Å². The van der Waals surface area contributed by atoms with Crippen molar-refractivity contribution in [3.05, 3.63) is 54.5 Å². The lowest BCUT2D eigenvalue weighted by Gasteiger charge is -2.34. The van der Waals surface area contributed by atoms with Crippen LogP contribution in [-0.2, 0) is 16.6 Å². The normalized spacial score (nSPS) is 14.3. The van der Waals surface area contributed by atoms with Crippen LogP contribution < -0.4 is 4.90 Å². The Morgan fingerprint density at radius 3 is 2.50 bits per heavy atom. The molecule has 8 heteroatoms. The number of piperazine rings is 1. The molecule has 0 unspecified atom stereocenters. The van der Waals surface area contributed by atoms with E-state index in [9.17, 15) is 9.59 Å². The maximum Gasteiger partial charge on any atom is 0.340 e. The van der Waals surface area contributed by atoms with E-state index in [1.807, 2.05) is 40.8 Å². The van der Waals surface area contributed by atoms with Gasteiger partial charge in [0.05, 0.1) is 5.56 Å². The van der Waals surface area contributed by atoms with Crippen LogP contribution >= 0.6 is 0 Å². The van der Waals surface area contributed by atoms with Crippen molar-refractivity contribution in [2.24, 2.45) is 7.05 Å². The molecule has 28 heavy (non-hydrogen) atoms. The largest absolute Gasteiger partial charge is 0.452 e. The number of carbonyl (C=O) groups excluding carboxylic acids is 2. The number of benzene rings is 1. The molecule has 1 aliphatic heterocycles. The number of esters is 1. The smallest absolute Gasteiger partial charge is 0.340 e. The Kier molecular flexibility index (Phi) is 4.92. The highest BCUT2D eigenvalue weighted by Gasteiger charge is 2.24. The van der Waals surface area contributed by atoms with E-state index in [4.69, 9.17) is 4.74 Å². The fourth-order valence-corrected chi connectivity index (χ4v) is 3.41. The Labute approximate surface area is 162 Å². The highest BCUT2D eigenvalue weighted by atomic mass is 16.5. The Bertz CT molecular complexity index is 994. The molecule has 1 aliphatic rings. The minimum Gasteiger partial charge on any atom is -0.452 e. The number of hydrogen-bond acceptors (Lipinski definition) is 6. The highest BCUT2D eigenvalue weighted by Crippen LogP contribution is 2.21. The molecule has 0 radical (unpaired) electrons. The maximum absolute atomic E-state index is 12.5. The fraction of sp³-hybridized carbons (Fsp3) is 0.300. The first-order chi connectivity index (χ1) is 13.6. The summed E-state index contributed by atoms with van der Waals surface area (Å²) in [5.41, 5.74) is 1.41. The van der Waals surface area contributed by atoms with Crippen molar-refractivity contribution in [1.82, 2.24) is 19.4 Å². The molecule has 0 saturated carbocycles. The predicted molar refractivity (Wildman–Crippen MR) is 104 cm³/mol. The van der Waals surface area contributed by atoms with Crippen molar-refractivity contribution >= 4 is 28.7 Å². The highest BCUT2D eigenvalue weighted by molar-refractivity contribution is 6.04. The first-order valence-electron chi connectivity index (χ1n) is 9.14. The van der Waals surface area contributed by atoms with Crippen LogP contribution in [0.1, 0.15) is 10.4 Å². The lowest BCUT2D eigenvalue weighted by molar-refractivity contribution is -0.134. The molecule has 4 rings (SSSR count). The average molecular weight is 379 g/mol. The number of para-hydroxylation sites is 1. The molecule has 0 atom stereocenters. The standard InChI is InChI=1S/C20H21N5O3/c1-23-13-16(15-5-2-3-6-17(15)23)19(27)28-14-18(26)24-9-11-25(12-10-24)20-21-7-4-8-22-20/h2-8,13H,9-12,14H2,1H3. The number of carbonyl (C=O) groups is 2. The first kappa shape index (κ1) is 18.0. The zero-order valence-corrected chi connectivity index (χ0v) is 15.6. The van der Waals surface area contributed by atoms with Gasteiger partial charge in [0.2, 0.25) is 5.95 Å². The molecule has 1 aromatic carbocycles. The molecule has 8 nitrogen and oxygen atoms in total. The van der Waals surface area contributed by atoms with Gasteiger partial charge in [-0.05, 0) is 12.1 Å². The fourth-order valence-electron chi connectivity index (χ4n) is 3.41. The van der Waals surface area contributed by atoms with Crippen LogP contribution in [0.2, 0.25) is 0 Å². The molecular formula is C20H21N5O3. The third kappa shape index (κ3) is 3.53. The predicted octanol–water partition coefficient (Wildman–Crippen LogP) is 1.47. The number of amides is 1. The van der Waals surface area contributed by atoms with Gasteiger partial charge in [-0.1, -0.05) is 18.2 Å². The topological polar surface area (TPSA) is 80.6 Å². The van der Waals surface area contributed by atoms with E-state index in [1.165, 1.54) is 0 Å². The Morgan fingerprint density at radius 2 is 1.75 bits per heavy atom. The Hall–Kier alpha value is -3.42. The maximum atomic E-state index is 12.5. The molecule has 0 aliphatic carbocycles. The first-order valence-corrected chi connectivity index (χ1v) is 9.14. The van der Waals surface area contributed by atoms with Crippen molar-refractivity contribution in [1.29, 1.82) is 0 Å². The van der Waals surface area contributed by atoms with Crippen molar-refractivity contribution in [2.75, 3.05) is 37.7 Å². The summed E-state index contributed by atoms with van der Waals surface area (Å²) < 4.78 is 7.17. The van der Waals surface area contributed by atoms with Gasteiger partial charge in [-0.25, -0.2) is 14.8 Å². The number of hydrogen-bond donors (Lipinski definition) is 0. The molecule has 2 aromatic heterocycles. The second-order valence-electron chi connectivity index (χ2n) is 6.66. The van der Waals surface area contributed by atoms with Crippen molar-refractivity contribution < 1.29 is 14.3 Å². The van der Waals surface area contributed by atoms with Gasteiger partial charge in [0.1, 0.15) is 0 Å². The number of rotatable bonds is 4. The second-order valence-corrected chi connectivity index (χ2v) is 6.66. The van der Waals surface area contributed by atoms with Gasteiger partial charge in [0.15, 0.2) is 6.61 Å². The summed E-state index contributed by atoms with van der Waals surface area (Å²) in [6, 6.07) is 9.38. The van der Waals surface area contributed by atoms with Crippen molar-refractivity contribution in [3.63, 3.8) is 0 Å². The molecule has 1 fully saturated rings. The van der Waals surface area contributed by atoms with Crippen LogP contribution in [-0.4, -0.2) is 64.1 Å². The summed E-state index contributed by atoms with van der Waals surface area (Å²) in [5, 5.41) is 0.818. The van der Waals surface area contributed by atoms with Crippen molar-refractivity contribution in [3.8, 4) is 0 Å². The summed E-state index contributed by atoms with van der Waals surface area (Å²) in [6.07, 6.45) is 5.13. The quantitative estimate of drug-likeness (QED) is 0.639.